The number of rotatable bonds is 3. The van der Waals surface area contributed by atoms with Crippen LogP contribution in [0.25, 0.3) is 0 Å². The van der Waals surface area contributed by atoms with Crippen LogP contribution in [0.4, 0.5) is 8.78 Å². The lowest BCUT2D eigenvalue weighted by atomic mass is 10.2. The fourth-order valence-electron chi connectivity index (χ4n) is 1.51. The van der Waals surface area contributed by atoms with E-state index < -0.39 is 17.9 Å². The molecule has 0 radical (unpaired) electrons. The summed E-state index contributed by atoms with van der Waals surface area (Å²) in [5.41, 5.74) is 5.12. The van der Waals surface area contributed by atoms with Crippen molar-refractivity contribution in [3.05, 3.63) is 0 Å². The van der Waals surface area contributed by atoms with Crippen LogP contribution in [0, 0.1) is 0 Å². The highest BCUT2D eigenvalue weighted by Crippen LogP contribution is 2.34. The lowest BCUT2D eigenvalue weighted by Gasteiger charge is -2.19. The summed E-state index contributed by atoms with van der Waals surface area (Å²) in [6.45, 7) is 0. The Bertz CT molecular complexity index is 258. The lowest BCUT2D eigenvalue weighted by Crippen LogP contribution is -2.44. The Labute approximate surface area is 86.0 Å². The highest BCUT2D eigenvalue weighted by atomic mass is 32.1. The molecule has 1 amide bonds. The number of amides is 1. The second-order valence-corrected chi connectivity index (χ2v) is 3.94. The molecule has 14 heavy (non-hydrogen) atoms. The molecular weight excluding hydrogens is 210 g/mol. The van der Waals surface area contributed by atoms with Gasteiger partial charge in [-0.25, -0.2) is 8.78 Å². The molecule has 0 aromatic heterocycles. The second kappa shape index (κ2) is 4.16. The number of halogens is 2. The maximum absolute atomic E-state index is 13.0. The predicted molar refractivity (Wildman–Crippen MR) is 52.1 cm³/mol. The zero-order valence-corrected chi connectivity index (χ0v) is 8.37. The quantitative estimate of drug-likeness (QED) is 0.699. The van der Waals surface area contributed by atoms with Crippen molar-refractivity contribution in [3.63, 3.8) is 0 Å². The van der Waals surface area contributed by atoms with E-state index in [0.717, 1.165) is 0 Å². The maximum atomic E-state index is 13.0. The Hall–Kier alpha value is -0.780. The lowest BCUT2D eigenvalue weighted by molar-refractivity contribution is -0.123. The number of nitrogens with one attached hydrogen (secondary N) is 1. The van der Waals surface area contributed by atoms with Gasteiger partial charge in [-0.15, -0.1) is 0 Å². The van der Waals surface area contributed by atoms with Crippen molar-refractivity contribution < 1.29 is 13.6 Å². The zero-order chi connectivity index (χ0) is 10.8. The molecular formula is C8H12F2N2OS. The van der Waals surface area contributed by atoms with E-state index in [4.69, 9.17) is 5.73 Å². The van der Waals surface area contributed by atoms with E-state index in [1.165, 1.54) is 0 Å². The van der Waals surface area contributed by atoms with Gasteiger partial charge in [0.2, 0.25) is 5.91 Å². The van der Waals surface area contributed by atoms with Gasteiger partial charge < -0.3 is 11.1 Å². The van der Waals surface area contributed by atoms with Crippen LogP contribution in [0.5, 0.6) is 0 Å². The smallest absolute Gasteiger partial charge is 0.267 e. The van der Waals surface area contributed by atoms with Gasteiger partial charge in [0.1, 0.15) is 0 Å². The van der Waals surface area contributed by atoms with Gasteiger partial charge in [0.15, 0.2) is 0 Å². The van der Waals surface area contributed by atoms with E-state index >= 15 is 0 Å². The van der Waals surface area contributed by atoms with Gasteiger partial charge in [-0.1, -0.05) is 12.2 Å². The van der Waals surface area contributed by atoms with E-state index in [1.54, 1.807) is 0 Å². The number of thiocarbonyl (C=S) groups is 1. The summed E-state index contributed by atoms with van der Waals surface area (Å²) in [5, 5.41) is 2.24. The van der Waals surface area contributed by atoms with Gasteiger partial charge in [-0.3, -0.25) is 4.79 Å². The predicted octanol–water partition coefficient (Wildman–Crippen LogP) is 0.967. The number of carbonyl (C=O) groups excluding carboxylic acids is 1. The standard InChI is InChI=1S/C8H12F2N2OS/c9-8(10)3-1-2-5(8)12-7(13)4-6(11)14/h5H,1-4H2,(H2,11,14)(H,12,13). The summed E-state index contributed by atoms with van der Waals surface area (Å²) in [7, 11) is 0. The molecule has 3 N–H and O–H groups in total. The molecule has 6 heteroatoms. The zero-order valence-electron chi connectivity index (χ0n) is 7.56. The molecule has 1 rings (SSSR count). The average Bonchev–Trinajstić information content (AvgIpc) is 2.29. The monoisotopic (exact) mass is 222 g/mol. The Balaban J connectivity index is 2.44. The fraction of sp³-hybridized carbons (Fsp3) is 0.750. The second-order valence-electron chi connectivity index (χ2n) is 3.42. The topological polar surface area (TPSA) is 55.1 Å². The van der Waals surface area contributed by atoms with Gasteiger partial charge >= 0.3 is 0 Å². The molecule has 0 spiro atoms. The largest absolute Gasteiger partial charge is 0.393 e. The third-order valence-electron chi connectivity index (χ3n) is 2.18. The van der Waals surface area contributed by atoms with Crippen LogP contribution in [-0.4, -0.2) is 22.9 Å². The van der Waals surface area contributed by atoms with Crippen molar-refractivity contribution in [2.24, 2.45) is 5.73 Å². The minimum atomic E-state index is -2.79. The van der Waals surface area contributed by atoms with E-state index in [-0.39, 0.29) is 17.8 Å². The van der Waals surface area contributed by atoms with Crippen LogP contribution in [0.3, 0.4) is 0 Å². The molecule has 0 aromatic rings. The molecule has 0 aromatic carbocycles. The van der Waals surface area contributed by atoms with Crippen molar-refractivity contribution in [3.8, 4) is 0 Å². The third kappa shape index (κ3) is 2.87. The van der Waals surface area contributed by atoms with Gasteiger partial charge in [0.05, 0.1) is 17.5 Å². The molecule has 1 atom stereocenters. The molecule has 3 nitrogen and oxygen atoms in total. The van der Waals surface area contributed by atoms with E-state index in [0.29, 0.717) is 12.8 Å². The summed E-state index contributed by atoms with van der Waals surface area (Å²) < 4.78 is 26.1. The van der Waals surface area contributed by atoms with E-state index in [1.807, 2.05) is 0 Å². The molecule has 0 aliphatic heterocycles. The van der Waals surface area contributed by atoms with Crippen LogP contribution < -0.4 is 11.1 Å². The molecule has 1 fully saturated rings. The molecule has 1 unspecified atom stereocenters. The van der Waals surface area contributed by atoms with Crippen LogP contribution in [0.2, 0.25) is 0 Å². The van der Waals surface area contributed by atoms with Crippen molar-refractivity contribution in [1.29, 1.82) is 0 Å². The van der Waals surface area contributed by atoms with Crippen molar-refractivity contribution in [2.75, 3.05) is 0 Å². The summed E-state index contributed by atoms with van der Waals surface area (Å²) >= 11 is 4.50. The van der Waals surface area contributed by atoms with Crippen molar-refractivity contribution >= 4 is 23.1 Å². The van der Waals surface area contributed by atoms with Gasteiger partial charge in [-0.05, 0) is 12.8 Å². The molecule has 1 saturated carbocycles. The average molecular weight is 222 g/mol. The maximum Gasteiger partial charge on any atom is 0.267 e. The minimum absolute atomic E-state index is 0.0174. The highest BCUT2D eigenvalue weighted by Gasteiger charge is 2.44. The first-order valence-electron chi connectivity index (χ1n) is 4.37. The molecule has 0 heterocycles. The van der Waals surface area contributed by atoms with Crippen LogP contribution in [0.15, 0.2) is 0 Å². The van der Waals surface area contributed by atoms with Crippen LogP contribution >= 0.6 is 12.2 Å². The van der Waals surface area contributed by atoms with E-state index in [2.05, 4.69) is 17.5 Å². The molecule has 1 aliphatic rings. The molecule has 80 valence electrons. The van der Waals surface area contributed by atoms with E-state index in [9.17, 15) is 13.6 Å². The molecule has 0 bridgehead atoms. The van der Waals surface area contributed by atoms with Crippen LogP contribution in [-0.2, 0) is 4.79 Å². The molecule has 1 aliphatic carbocycles. The summed E-state index contributed by atoms with van der Waals surface area (Å²) in [6.07, 6.45) is 0.425. The SMILES string of the molecule is NC(=S)CC(=O)NC1CCCC1(F)F. The number of hydrogen-bond acceptors (Lipinski definition) is 2. The van der Waals surface area contributed by atoms with Crippen molar-refractivity contribution in [1.82, 2.24) is 5.32 Å². The van der Waals surface area contributed by atoms with Gasteiger partial charge in [0.25, 0.3) is 5.92 Å². The number of hydrogen-bond donors (Lipinski definition) is 2. The third-order valence-corrected chi connectivity index (χ3v) is 2.33. The Morgan fingerprint density at radius 3 is 2.71 bits per heavy atom. The van der Waals surface area contributed by atoms with Crippen molar-refractivity contribution in [2.45, 2.75) is 37.6 Å². The normalized spacial score (nSPS) is 24.6. The number of carbonyl (C=O) groups is 1. The highest BCUT2D eigenvalue weighted by molar-refractivity contribution is 7.80. The summed E-state index contributed by atoms with van der Waals surface area (Å²) in [6, 6.07) is -1.05. The Morgan fingerprint density at radius 2 is 2.29 bits per heavy atom. The Kier molecular flexibility index (Phi) is 3.36. The summed E-state index contributed by atoms with van der Waals surface area (Å²) in [4.78, 5) is 11.1. The first-order valence-corrected chi connectivity index (χ1v) is 4.78. The first kappa shape index (κ1) is 11.3. The Morgan fingerprint density at radius 1 is 1.64 bits per heavy atom. The first-order chi connectivity index (χ1) is 6.42. The van der Waals surface area contributed by atoms with Gasteiger partial charge in [-0.2, -0.15) is 0 Å². The molecule has 0 saturated heterocycles. The minimum Gasteiger partial charge on any atom is -0.393 e. The number of alkyl halides is 2. The fourth-order valence-corrected chi connectivity index (χ4v) is 1.64. The summed E-state index contributed by atoms with van der Waals surface area (Å²) in [5.74, 6) is -3.31. The number of nitrogens with two attached hydrogens (primary N) is 1. The van der Waals surface area contributed by atoms with Crippen LogP contribution in [0.1, 0.15) is 25.7 Å². The van der Waals surface area contributed by atoms with Gasteiger partial charge in [0, 0.05) is 6.42 Å².